The van der Waals surface area contributed by atoms with E-state index in [1.54, 1.807) is 10.9 Å². The smallest absolute Gasteiger partial charge is 0.137 e. The maximum Gasteiger partial charge on any atom is 0.137 e. The monoisotopic (exact) mass is 191 g/mol. The molecule has 0 saturated carbocycles. The molecule has 0 aliphatic heterocycles. The van der Waals surface area contributed by atoms with Gasteiger partial charge in [0.2, 0.25) is 0 Å². The molecule has 4 nitrogen and oxygen atoms in total. The molecule has 0 fully saturated rings. The Morgan fingerprint density at radius 1 is 1.50 bits per heavy atom. The van der Waals surface area contributed by atoms with Gasteiger partial charge in [-0.15, -0.1) is 0 Å². The third-order valence-electron chi connectivity index (χ3n) is 2.04. The van der Waals surface area contributed by atoms with Gasteiger partial charge in [-0.1, -0.05) is 0 Å². The van der Waals surface area contributed by atoms with Gasteiger partial charge in [-0.25, -0.2) is 0 Å². The molecular formula is C10H13N3O. The zero-order valence-electron chi connectivity index (χ0n) is 8.10. The van der Waals surface area contributed by atoms with Crippen LogP contribution in [0.2, 0.25) is 0 Å². The maximum atomic E-state index is 5.59. The summed E-state index contributed by atoms with van der Waals surface area (Å²) in [7, 11) is 1.88. The largest absolute Gasteiger partial charge is 0.461 e. The Balaban J connectivity index is 2.24. The minimum Gasteiger partial charge on any atom is -0.461 e. The van der Waals surface area contributed by atoms with E-state index in [9.17, 15) is 0 Å². The Labute approximate surface area is 82.3 Å². The summed E-state index contributed by atoms with van der Waals surface area (Å²) < 4.78 is 7.34. The lowest BCUT2D eigenvalue weighted by atomic mass is 10.3. The first-order valence-corrected chi connectivity index (χ1v) is 4.57. The van der Waals surface area contributed by atoms with Gasteiger partial charge in [0.05, 0.1) is 11.8 Å². The summed E-state index contributed by atoms with van der Waals surface area (Å²) in [5, 5.41) is 4.08. The van der Waals surface area contributed by atoms with Crippen LogP contribution in [0.3, 0.4) is 0 Å². The van der Waals surface area contributed by atoms with Gasteiger partial charge in [0.15, 0.2) is 0 Å². The third kappa shape index (κ3) is 1.70. The average molecular weight is 191 g/mol. The molecule has 2 N–H and O–H groups in total. The Morgan fingerprint density at radius 3 is 3.00 bits per heavy atom. The van der Waals surface area contributed by atoms with Crippen molar-refractivity contribution in [2.75, 3.05) is 6.54 Å². The molecule has 4 heteroatoms. The molecule has 0 amide bonds. The first-order valence-electron chi connectivity index (χ1n) is 4.57. The van der Waals surface area contributed by atoms with E-state index in [1.807, 2.05) is 25.4 Å². The van der Waals surface area contributed by atoms with Crippen molar-refractivity contribution >= 4 is 0 Å². The molecule has 0 aliphatic rings. The second kappa shape index (κ2) is 3.67. The molecule has 0 saturated heterocycles. The fourth-order valence-corrected chi connectivity index (χ4v) is 1.36. The molecule has 2 rings (SSSR count). The van der Waals surface area contributed by atoms with Gasteiger partial charge >= 0.3 is 0 Å². The van der Waals surface area contributed by atoms with Gasteiger partial charge in [-0.2, -0.15) is 5.10 Å². The fraction of sp³-hybridized carbons (Fsp3) is 0.300. The first kappa shape index (κ1) is 9.02. The van der Waals surface area contributed by atoms with Crippen LogP contribution in [0.25, 0.3) is 11.3 Å². The van der Waals surface area contributed by atoms with Crippen molar-refractivity contribution in [2.24, 2.45) is 12.8 Å². The van der Waals surface area contributed by atoms with Gasteiger partial charge in [0.25, 0.3) is 0 Å². The number of furan rings is 1. The minimum atomic E-state index is 0.611. The van der Waals surface area contributed by atoms with Crippen molar-refractivity contribution in [1.29, 1.82) is 0 Å². The Hall–Kier alpha value is -1.55. The lowest BCUT2D eigenvalue weighted by molar-refractivity contribution is 0.523. The van der Waals surface area contributed by atoms with Crippen molar-refractivity contribution in [3.63, 3.8) is 0 Å². The number of nitrogens with zero attached hydrogens (tertiary/aromatic N) is 2. The van der Waals surface area contributed by atoms with Crippen molar-refractivity contribution in [2.45, 2.75) is 6.42 Å². The second-order valence-corrected chi connectivity index (χ2v) is 3.21. The second-order valence-electron chi connectivity index (χ2n) is 3.21. The highest BCUT2D eigenvalue weighted by atomic mass is 16.3. The molecule has 0 spiro atoms. The van der Waals surface area contributed by atoms with Gasteiger partial charge in [0, 0.05) is 19.7 Å². The number of nitrogens with two attached hydrogens (primary N) is 1. The third-order valence-corrected chi connectivity index (χ3v) is 2.04. The molecule has 0 aromatic carbocycles. The van der Waals surface area contributed by atoms with E-state index in [2.05, 4.69) is 5.10 Å². The summed E-state index contributed by atoms with van der Waals surface area (Å²) in [6.07, 6.45) is 4.48. The number of rotatable bonds is 3. The first-order chi connectivity index (χ1) is 6.79. The lowest BCUT2D eigenvalue weighted by Gasteiger charge is -1.91. The minimum absolute atomic E-state index is 0.611. The maximum absolute atomic E-state index is 5.59. The van der Waals surface area contributed by atoms with E-state index < -0.39 is 0 Å². The topological polar surface area (TPSA) is 57.0 Å². The lowest BCUT2D eigenvalue weighted by Crippen LogP contribution is -2.01. The van der Waals surface area contributed by atoms with E-state index in [0.29, 0.717) is 6.54 Å². The van der Waals surface area contributed by atoms with Crippen molar-refractivity contribution in [1.82, 2.24) is 9.78 Å². The average Bonchev–Trinajstić information content (AvgIpc) is 2.74. The van der Waals surface area contributed by atoms with Crippen LogP contribution in [0.4, 0.5) is 0 Å². The van der Waals surface area contributed by atoms with E-state index in [1.165, 1.54) is 0 Å². The molecule has 0 unspecified atom stereocenters. The predicted molar refractivity (Wildman–Crippen MR) is 53.7 cm³/mol. The summed E-state index contributed by atoms with van der Waals surface area (Å²) in [6.45, 7) is 0.611. The highest BCUT2D eigenvalue weighted by Crippen LogP contribution is 2.21. The molecule has 0 aliphatic carbocycles. The van der Waals surface area contributed by atoms with Crippen molar-refractivity contribution in [3.05, 3.63) is 30.3 Å². The van der Waals surface area contributed by atoms with Crippen LogP contribution in [0.5, 0.6) is 0 Å². The summed E-state index contributed by atoms with van der Waals surface area (Å²) >= 11 is 0. The number of aromatic nitrogens is 2. The molecule has 74 valence electrons. The van der Waals surface area contributed by atoms with Crippen LogP contribution in [-0.2, 0) is 13.5 Å². The summed E-state index contributed by atoms with van der Waals surface area (Å²) in [4.78, 5) is 0. The van der Waals surface area contributed by atoms with Gasteiger partial charge in [-0.3, -0.25) is 4.68 Å². The van der Waals surface area contributed by atoms with E-state index in [4.69, 9.17) is 10.2 Å². The van der Waals surface area contributed by atoms with Crippen molar-refractivity contribution in [3.8, 4) is 11.3 Å². The van der Waals surface area contributed by atoms with Gasteiger partial charge in [0.1, 0.15) is 11.5 Å². The molecular weight excluding hydrogens is 178 g/mol. The molecule has 0 atom stereocenters. The summed E-state index contributed by atoms with van der Waals surface area (Å²) in [6, 6.07) is 3.90. The number of hydrogen-bond donors (Lipinski definition) is 1. The Bertz CT molecular complexity index is 416. The zero-order chi connectivity index (χ0) is 9.97. The van der Waals surface area contributed by atoms with Crippen LogP contribution in [0.1, 0.15) is 5.76 Å². The van der Waals surface area contributed by atoms with Crippen LogP contribution in [0, 0.1) is 0 Å². The van der Waals surface area contributed by atoms with Gasteiger partial charge < -0.3 is 10.2 Å². The molecule has 0 bridgehead atoms. The molecule has 2 aromatic rings. The fourth-order valence-electron chi connectivity index (χ4n) is 1.36. The highest BCUT2D eigenvalue weighted by Gasteiger charge is 2.05. The Morgan fingerprint density at radius 2 is 2.36 bits per heavy atom. The van der Waals surface area contributed by atoms with Crippen LogP contribution in [0.15, 0.2) is 28.9 Å². The quantitative estimate of drug-likeness (QED) is 0.792. The van der Waals surface area contributed by atoms with E-state index >= 15 is 0 Å². The molecule has 14 heavy (non-hydrogen) atoms. The summed E-state index contributed by atoms with van der Waals surface area (Å²) in [5.41, 5.74) is 6.43. The number of hydrogen-bond acceptors (Lipinski definition) is 3. The normalized spacial score (nSPS) is 10.7. The molecule has 2 aromatic heterocycles. The molecule has 2 heterocycles. The van der Waals surface area contributed by atoms with E-state index in [-0.39, 0.29) is 0 Å². The van der Waals surface area contributed by atoms with E-state index in [0.717, 1.165) is 23.5 Å². The standard InChI is InChI=1S/C10H13N3O/c1-13-7-8(6-12-13)10-3-2-9(14-10)4-5-11/h2-3,6-7H,4-5,11H2,1H3. The van der Waals surface area contributed by atoms with Crippen LogP contribution in [-0.4, -0.2) is 16.3 Å². The SMILES string of the molecule is Cn1cc(-c2ccc(CCN)o2)cn1. The van der Waals surface area contributed by atoms with Crippen LogP contribution < -0.4 is 5.73 Å². The predicted octanol–water partition coefficient (Wildman–Crippen LogP) is 1.18. The highest BCUT2D eigenvalue weighted by molar-refractivity contribution is 5.55. The Kier molecular flexibility index (Phi) is 2.37. The van der Waals surface area contributed by atoms with Crippen LogP contribution >= 0.6 is 0 Å². The molecule has 0 radical (unpaired) electrons. The summed E-state index contributed by atoms with van der Waals surface area (Å²) in [5.74, 6) is 1.77. The zero-order valence-corrected chi connectivity index (χ0v) is 8.10. The number of aryl methyl sites for hydroxylation is 1. The van der Waals surface area contributed by atoms with Gasteiger partial charge in [-0.05, 0) is 18.7 Å². The van der Waals surface area contributed by atoms with Crippen molar-refractivity contribution < 1.29 is 4.42 Å².